The number of rotatable bonds is 8. The number of hydrogen-bond acceptors (Lipinski definition) is 5. The molecule has 0 aromatic heterocycles. The van der Waals surface area contributed by atoms with Gasteiger partial charge < -0.3 is 25.3 Å². The van der Waals surface area contributed by atoms with Gasteiger partial charge in [-0.2, -0.15) is 0 Å². The molecule has 0 aliphatic rings. The van der Waals surface area contributed by atoms with Crippen LogP contribution in [0.15, 0.2) is 115 Å². The Kier molecular flexibility index (Phi) is 9.01. The van der Waals surface area contributed by atoms with Crippen molar-refractivity contribution in [1.82, 2.24) is 4.90 Å². The fourth-order valence-electron chi connectivity index (χ4n) is 5.71. The predicted octanol–water partition coefficient (Wildman–Crippen LogP) is 9.21. The van der Waals surface area contributed by atoms with Crippen LogP contribution in [0.1, 0.15) is 46.3 Å². The van der Waals surface area contributed by atoms with E-state index in [2.05, 4.69) is 55.3 Å². The highest BCUT2D eigenvalue weighted by molar-refractivity contribution is 6.02. The molecule has 0 bridgehead atoms. The molecule has 1 unspecified atom stereocenters. The summed E-state index contributed by atoms with van der Waals surface area (Å²) in [5.41, 5.74) is 8.44. The van der Waals surface area contributed by atoms with E-state index in [1.165, 1.54) is 5.56 Å². The molecule has 0 aliphatic carbocycles. The second-order valence-electron chi connectivity index (χ2n) is 11.4. The smallest absolute Gasteiger partial charge is 0.204 e. The maximum absolute atomic E-state index is 10.6. The van der Waals surface area contributed by atoms with Gasteiger partial charge in [0.05, 0.1) is 11.7 Å². The molecule has 0 radical (unpaired) electrons. The van der Waals surface area contributed by atoms with Gasteiger partial charge in [-0.05, 0) is 71.8 Å². The third-order valence-corrected chi connectivity index (χ3v) is 8.52. The Balaban J connectivity index is 1.50. The summed E-state index contributed by atoms with van der Waals surface area (Å²) in [5.74, 6) is -1.70. The number of hydrogen-bond donors (Lipinski definition) is 4. The molecule has 0 saturated carbocycles. The second-order valence-corrected chi connectivity index (χ2v) is 11.4. The Morgan fingerprint density at radius 3 is 1.98 bits per heavy atom. The van der Waals surface area contributed by atoms with Gasteiger partial charge in [0.25, 0.3) is 0 Å². The number of aryl methyl sites for hydroxylation is 1. The van der Waals surface area contributed by atoms with Crippen molar-refractivity contribution >= 4 is 17.6 Å². The van der Waals surface area contributed by atoms with Crippen LogP contribution < -0.4 is 0 Å². The van der Waals surface area contributed by atoms with Crippen molar-refractivity contribution in [3.63, 3.8) is 0 Å². The molecule has 46 heavy (non-hydrogen) atoms. The molecule has 0 heterocycles. The van der Waals surface area contributed by atoms with Gasteiger partial charge in [-0.25, -0.2) is 4.99 Å². The molecule has 5 aromatic carbocycles. The zero-order valence-corrected chi connectivity index (χ0v) is 26.5. The van der Waals surface area contributed by atoms with Gasteiger partial charge in [-0.3, -0.25) is 0 Å². The van der Waals surface area contributed by atoms with Gasteiger partial charge in [0.1, 0.15) is 5.84 Å². The number of aromatic hydroxyl groups is 4. The van der Waals surface area contributed by atoms with Crippen LogP contribution in [0, 0.1) is 13.8 Å². The van der Waals surface area contributed by atoms with Crippen LogP contribution in [0.4, 0.5) is 0 Å². The molecule has 0 amide bonds. The Morgan fingerprint density at radius 1 is 0.739 bits per heavy atom. The summed E-state index contributed by atoms with van der Waals surface area (Å²) < 4.78 is 0. The SMILES string of the molecule is C=Cc1cc(-c2c(C)c(O)c(O)c(O)c2O)ccc1-c1ccc(C(=C)/N=C(/c2ccccc2)N(C)C(C)c2ccccc2)cc1C. The van der Waals surface area contributed by atoms with Crippen LogP contribution in [-0.2, 0) is 0 Å². The van der Waals surface area contributed by atoms with Crippen molar-refractivity contribution in [2.24, 2.45) is 4.99 Å². The van der Waals surface area contributed by atoms with Gasteiger partial charge in [0.2, 0.25) is 11.5 Å². The summed E-state index contributed by atoms with van der Waals surface area (Å²) >= 11 is 0. The Morgan fingerprint density at radius 2 is 1.35 bits per heavy atom. The van der Waals surface area contributed by atoms with Gasteiger partial charge in [-0.1, -0.05) is 104 Å². The van der Waals surface area contributed by atoms with E-state index < -0.39 is 23.0 Å². The van der Waals surface area contributed by atoms with Crippen molar-refractivity contribution in [2.75, 3.05) is 7.05 Å². The maximum Gasteiger partial charge on any atom is 0.204 e. The third-order valence-electron chi connectivity index (χ3n) is 8.52. The molecule has 1 atom stereocenters. The summed E-state index contributed by atoms with van der Waals surface area (Å²) in [4.78, 5) is 7.24. The van der Waals surface area contributed by atoms with Crippen molar-refractivity contribution in [3.8, 4) is 45.3 Å². The molecule has 5 rings (SSSR count). The molecular weight excluding hydrogens is 572 g/mol. The minimum atomic E-state index is -0.771. The van der Waals surface area contributed by atoms with Crippen molar-refractivity contribution in [2.45, 2.75) is 26.8 Å². The zero-order valence-electron chi connectivity index (χ0n) is 26.5. The summed E-state index contributed by atoms with van der Waals surface area (Å²) in [6, 6.07) is 32.2. The molecule has 232 valence electrons. The minimum Gasteiger partial charge on any atom is -0.504 e. The van der Waals surface area contributed by atoms with Crippen molar-refractivity contribution in [3.05, 3.63) is 144 Å². The van der Waals surface area contributed by atoms with Gasteiger partial charge in [-0.15, -0.1) is 0 Å². The highest BCUT2D eigenvalue weighted by atomic mass is 16.3. The van der Waals surface area contributed by atoms with Crippen LogP contribution in [0.3, 0.4) is 0 Å². The summed E-state index contributed by atoms with van der Waals surface area (Å²) in [7, 11) is 2.05. The average Bonchev–Trinajstić information content (AvgIpc) is 3.09. The van der Waals surface area contributed by atoms with Crippen LogP contribution in [0.5, 0.6) is 23.0 Å². The summed E-state index contributed by atoms with van der Waals surface area (Å²) in [6.45, 7) is 14.1. The van der Waals surface area contributed by atoms with E-state index in [9.17, 15) is 20.4 Å². The molecule has 4 N–H and O–H groups in total. The largest absolute Gasteiger partial charge is 0.504 e. The van der Waals surface area contributed by atoms with Gasteiger partial charge in [0.15, 0.2) is 11.5 Å². The predicted molar refractivity (Wildman–Crippen MR) is 188 cm³/mol. The zero-order chi connectivity index (χ0) is 33.1. The fraction of sp³-hybridized carbons (Fsp3) is 0.125. The number of benzene rings is 5. The van der Waals surface area contributed by atoms with E-state index in [4.69, 9.17) is 4.99 Å². The van der Waals surface area contributed by atoms with Crippen molar-refractivity contribution < 1.29 is 20.4 Å². The summed E-state index contributed by atoms with van der Waals surface area (Å²) in [6.07, 6.45) is 1.72. The average molecular weight is 611 g/mol. The van der Waals surface area contributed by atoms with Crippen LogP contribution in [-0.4, -0.2) is 38.2 Å². The van der Waals surface area contributed by atoms with E-state index in [0.29, 0.717) is 11.3 Å². The van der Waals surface area contributed by atoms with Crippen LogP contribution in [0.2, 0.25) is 0 Å². The van der Waals surface area contributed by atoms with E-state index in [0.717, 1.165) is 39.2 Å². The molecule has 0 saturated heterocycles. The van der Waals surface area contributed by atoms with E-state index >= 15 is 0 Å². The van der Waals surface area contributed by atoms with Crippen LogP contribution >= 0.6 is 0 Å². The normalized spacial score (nSPS) is 12.0. The van der Waals surface area contributed by atoms with Crippen LogP contribution in [0.25, 0.3) is 34.0 Å². The second kappa shape index (κ2) is 13.1. The van der Waals surface area contributed by atoms with E-state index in [1.807, 2.05) is 74.6 Å². The molecule has 5 aromatic rings. The highest BCUT2D eigenvalue weighted by Crippen LogP contribution is 2.51. The topological polar surface area (TPSA) is 96.5 Å². The molecule has 6 nitrogen and oxygen atoms in total. The third kappa shape index (κ3) is 5.97. The van der Waals surface area contributed by atoms with Gasteiger partial charge in [0, 0.05) is 23.7 Å². The van der Waals surface area contributed by atoms with Crippen molar-refractivity contribution in [1.29, 1.82) is 0 Å². The van der Waals surface area contributed by atoms with E-state index in [-0.39, 0.29) is 17.2 Å². The molecule has 0 fully saturated rings. The molecular formula is C40H38N2O4. The Bertz CT molecular complexity index is 1930. The number of phenols is 4. The highest BCUT2D eigenvalue weighted by Gasteiger charge is 2.23. The Hall–Kier alpha value is -5.75. The maximum atomic E-state index is 10.6. The summed E-state index contributed by atoms with van der Waals surface area (Å²) in [5, 5.41) is 41.0. The Labute approximate surface area is 270 Å². The molecule has 6 heteroatoms. The number of amidine groups is 1. The first-order chi connectivity index (χ1) is 22.0. The number of phenolic OH excluding ortho intramolecular Hbond substituents is 4. The standard InChI is InChI=1S/C40H38N2O4/c1-7-28-23-32(35-25(3)36(43)38(45)39(46)37(35)44)19-21-34(28)33-20-18-31(22-24(33)2)26(4)41-40(30-16-12-9-13-17-30)42(6)27(5)29-14-10-8-11-15-29/h7-23,27,43-46H,1,4H2,2-3,5-6H3/b41-40-. The molecule has 0 aliphatic heterocycles. The first-order valence-corrected chi connectivity index (χ1v) is 15.0. The number of nitrogens with zero attached hydrogens (tertiary/aromatic N) is 2. The first kappa shape index (κ1) is 31.7. The van der Waals surface area contributed by atoms with Gasteiger partial charge >= 0.3 is 0 Å². The fourth-order valence-corrected chi connectivity index (χ4v) is 5.71. The quantitative estimate of drug-likeness (QED) is 0.0608. The number of aliphatic imine (C=N–C) groups is 1. The monoisotopic (exact) mass is 610 g/mol. The lowest BCUT2D eigenvalue weighted by Gasteiger charge is -2.29. The first-order valence-electron chi connectivity index (χ1n) is 15.0. The lowest BCUT2D eigenvalue weighted by Crippen LogP contribution is -2.30. The molecule has 0 spiro atoms. The minimum absolute atomic E-state index is 0.0811. The lowest BCUT2D eigenvalue weighted by atomic mass is 9.90. The lowest BCUT2D eigenvalue weighted by molar-refractivity contribution is 0.345. The van der Waals surface area contributed by atoms with E-state index in [1.54, 1.807) is 19.1 Å².